The first-order valence-corrected chi connectivity index (χ1v) is 3.96. The molecule has 75 valence electrons. The van der Waals surface area contributed by atoms with Crippen LogP contribution in [0.2, 0.25) is 0 Å². The molecule has 1 heterocycles. The maximum absolute atomic E-state index is 9.35. The molecular weight excluding hydrogens is 176 g/mol. The quantitative estimate of drug-likeness (QED) is 0.401. The fourth-order valence-corrected chi connectivity index (χ4v) is 1.12. The van der Waals surface area contributed by atoms with Gasteiger partial charge in [0.2, 0.25) is 0 Å². The highest BCUT2D eigenvalue weighted by molar-refractivity contribution is 5.06. The summed E-state index contributed by atoms with van der Waals surface area (Å²) in [4.78, 5) is 0. The van der Waals surface area contributed by atoms with Gasteiger partial charge in [-0.1, -0.05) is 0 Å². The number of allylic oxidation sites excluding steroid dienone is 1. The molecule has 4 atom stereocenters. The first kappa shape index (κ1) is 10.5. The zero-order valence-corrected chi connectivity index (χ0v) is 7.16. The lowest BCUT2D eigenvalue weighted by atomic mass is 9.99. The minimum atomic E-state index is -1.33. The smallest absolute Gasteiger partial charge is 0.143 e. The van der Waals surface area contributed by atoms with Gasteiger partial charge >= 0.3 is 0 Å². The van der Waals surface area contributed by atoms with Crippen molar-refractivity contribution in [3.05, 3.63) is 18.4 Å². The minimum absolute atomic E-state index is 0.172. The van der Waals surface area contributed by atoms with E-state index >= 15 is 0 Å². The summed E-state index contributed by atoms with van der Waals surface area (Å²) in [6, 6.07) is 0. The molecule has 1 radical (unpaired) electrons. The molecule has 1 aliphatic rings. The average Bonchev–Trinajstić information content (AvgIpc) is 2.13. The number of hydrogen-bond acceptors (Lipinski definition) is 5. The Kier molecular flexibility index (Phi) is 3.27. The van der Waals surface area contributed by atoms with Crippen LogP contribution in [0.15, 0.2) is 11.8 Å². The summed E-state index contributed by atoms with van der Waals surface area (Å²) in [6.07, 6.45) is -3.53. The zero-order chi connectivity index (χ0) is 10.0. The molecule has 0 aromatic heterocycles. The van der Waals surface area contributed by atoms with E-state index in [-0.39, 0.29) is 5.76 Å². The van der Waals surface area contributed by atoms with Crippen LogP contribution in [0.25, 0.3) is 0 Å². The molecule has 5 nitrogen and oxygen atoms in total. The van der Waals surface area contributed by atoms with Gasteiger partial charge in [0, 0.05) is 0 Å². The predicted octanol–water partition coefficient (Wildman–Crippen LogP) is -0.909. The van der Waals surface area contributed by atoms with Crippen molar-refractivity contribution in [2.45, 2.75) is 31.3 Å². The normalized spacial score (nSPS) is 42.0. The molecular formula is C8H13O5. The molecule has 0 amide bonds. The third kappa shape index (κ3) is 2.00. The molecule has 13 heavy (non-hydrogen) atoms. The lowest BCUT2D eigenvalue weighted by Crippen LogP contribution is -2.51. The van der Waals surface area contributed by atoms with Crippen LogP contribution in [0.4, 0.5) is 0 Å². The van der Waals surface area contributed by atoms with Crippen LogP contribution in [0, 0.1) is 6.61 Å². The molecule has 1 rings (SSSR count). The van der Waals surface area contributed by atoms with E-state index in [2.05, 4.69) is 0 Å². The number of rotatable bonds is 1. The lowest BCUT2D eigenvalue weighted by molar-refractivity contribution is -0.157. The zero-order valence-electron chi connectivity index (χ0n) is 7.16. The highest BCUT2D eigenvalue weighted by Crippen LogP contribution is 2.22. The maximum atomic E-state index is 9.35. The van der Waals surface area contributed by atoms with Crippen LogP contribution in [0.1, 0.15) is 6.92 Å². The third-order valence-electron chi connectivity index (χ3n) is 1.96. The summed E-state index contributed by atoms with van der Waals surface area (Å²) in [7, 11) is 0. The SMILES string of the molecule is CC=C(O)[C@H]1O[CH][C@H](O)[C@@H](O)[C@@H]1O. The molecule has 0 unspecified atom stereocenters. The van der Waals surface area contributed by atoms with Gasteiger partial charge in [0.05, 0.1) is 0 Å². The van der Waals surface area contributed by atoms with Crippen molar-refractivity contribution in [3.8, 4) is 0 Å². The summed E-state index contributed by atoms with van der Waals surface area (Å²) in [5, 5.41) is 36.8. The van der Waals surface area contributed by atoms with E-state index in [1.807, 2.05) is 0 Å². The maximum Gasteiger partial charge on any atom is 0.143 e. The second kappa shape index (κ2) is 4.06. The molecule has 0 aliphatic carbocycles. The monoisotopic (exact) mass is 189 g/mol. The number of hydrogen-bond donors (Lipinski definition) is 4. The van der Waals surface area contributed by atoms with E-state index in [1.165, 1.54) is 6.08 Å². The van der Waals surface area contributed by atoms with Gasteiger partial charge in [-0.15, -0.1) is 0 Å². The minimum Gasteiger partial charge on any atom is -0.510 e. The number of aliphatic hydroxyl groups excluding tert-OH is 4. The summed E-state index contributed by atoms with van der Waals surface area (Å²) < 4.78 is 4.82. The third-order valence-corrected chi connectivity index (χ3v) is 1.96. The van der Waals surface area contributed by atoms with Crippen LogP contribution >= 0.6 is 0 Å². The summed E-state index contributed by atoms with van der Waals surface area (Å²) in [5.41, 5.74) is 0. The molecule has 4 N–H and O–H groups in total. The Morgan fingerprint density at radius 3 is 2.46 bits per heavy atom. The van der Waals surface area contributed by atoms with Crippen molar-refractivity contribution < 1.29 is 25.2 Å². The number of aliphatic hydroxyl groups is 4. The van der Waals surface area contributed by atoms with E-state index in [9.17, 15) is 15.3 Å². The van der Waals surface area contributed by atoms with Crippen molar-refractivity contribution in [1.82, 2.24) is 0 Å². The molecule has 0 spiro atoms. The van der Waals surface area contributed by atoms with Gasteiger partial charge in [-0.3, -0.25) is 0 Å². The largest absolute Gasteiger partial charge is 0.510 e. The van der Waals surface area contributed by atoms with Gasteiger partial charge in [0.1, 0.15) is 36.8 Å². The van der Waals surface area contributed by atoms with Gasteiger partial charge in [0.25, 0.3) is 0 Å². The van der Waals surface area contributed by atoms with E-state index in [1.54, 1.807) is 6.92 Å². The highest BCUT2D eigenvalue weighted by atomic mass is 16.5. The van der Waals surface area contributed by atoms with Gasteiger partial charge < -0.3 is 25.2 Å². The van der Waals surface area contributed by atoms with E-state index in [4.69, 9.17) is 9.84 Å². The van der Waals surface area contributed by atoms with E-state index in [0.29, 0.717) is 0 Å². The Balaban J connectivity index is 2.69. The fourth-order valence-electron chi connectivity index (χ4n) is 1.12. The standard InChI is InChI=1S/C8H13O5/c1-2-4(9)8-7(12)6(11)5(10)3-13-8/h2-3,5-12H,1H3/t5-,6+,7-,8+/m0/s1. The van der Waals surface area contributed by atoms with Crippen molar-refractivity contribution in [2.24, 2.45) is 0 Å². The lowest BCUT2D eigenvalue weighted by Gasteiger charge is -2.34. The highest BCUT2D eigenvalue weighted by Gasteiger charge is 2.39. The van der Waals surface area contributed by atoms with Gasteiger partial charge in [-0.05, 0) is 13.0 Å². The van der Waals surface area contributed by atoms with Gasteiger partial charge in [0.15, 0.2) is 0 Å². The van der Waals surface area contributed by atoms with Crippen molar-refractivity contribution in [2.75, 3.05) is 0 Å². The van der Waals surface area contributed by atoms with E-state index < -0.39 is 24.4 Å². The van der Waals surface area contributed by atoms with E-state index in [0.717, 1.165) is 6.61 Å². The molecule has 0 aromatic rings. The molecule has 0 bridgehead atoms. The summed E-state index contributed by atoms with van der Waals surface area (Å²) in [6.45, 7) is 2.56. The Labute approximate surface area is 75.9 Å². The molecule has 5 heteroatoms. The molecule has 1 fully saturated rings. The van der Waals surface area contributed by atoms with Crippen molar-refractivity contribution in [3.63, 3.8) is 0 Å². The molecule has 0 aromatic carbocycles. The fraction of sp³-hybridized carbons (Fsp3) is 0.625. The van der Waals surface area contributed by atoms with Crippen molar-refractivity contribution in [1.29, 1.82) is 0 Å². The Bertz CT molecular complexity index is 203. The Morgan fingerprint density at radius 1 is 1.31 bits per heavy atom. The van der Waals surface area contributed by atoms with Crippen molar-refractivity contribution >= 4 is 0 Å². The van der Waals surface area contributed by atoms with Crippen LogP contribution in [-0.4, -0.2) is 44.8 Å². The Morgan fingerprint density at radius 2 is 1.92 bits per heavy atom. The van der Waals surface area contributed by atoms with Crippen LogP contribution in [0.5, 0.6) is 0 Å². The summed E-state index contributed by atoms with van der Waals surface area (Å²) >= 11 is 0. The van der Waals surface area contributed by atoms with Gasteiger partial charge in [-0.25, -0.2) is 0 Å². The summed E-state index contributed by atoms with van der Waals surface area (Å²) in [5.74, 6) is -0.172. The number of ether oxygens (including phenoxy) is 1. The van der Waals surface area contributed by atoms with Gasteiger partial charge in [-0.2, -0.15) is 0 Å². The Hall–Kier alpha value is -0.620. The second-order valence-corrected chi connectivity index (χ2v) is 2.88. The molecule has 1 aliphatic heterocycles. The topological polar surface area (TPSA) is 90.2 Å². The van der Waals surface area contributed by atoms with Crippen LogP contribution in [0.3, 0.4) is 0 Å². The first-order valence-electron chi connectivity index (χ1n) is 3.96. The molecule has 0 saturated carbocycles. The molecule has 1 saturated heterocycles. The van der Waals surface area contributed by atoms with Crippen LogP contribution in [-0.2, 0) is 4.74 Å². The first-order chi connectivity index (χ1) is 6.07. The van der Waals surface area contributed by atoms with Crippen LogP contribution < -0.4 is 0 Å². The average molecular weight is 189 g/mol. The predicted molar refractivity (Wildman–Crippen MR) is 43.6 cm³/mol. The second-order valence-electron chi connectivity index (χ2n) is 2.88.